The minimum Gasteiger partial charge on any atom is -0.487 e. The summed E-state index contributed by atoms with van der Waals surface area (Å²) in [5.41, 5.74) is 0.609. The molecule has 1 N–H and O–H groups in total. The number of esters is 1. The van der Waals surface area contributed by atoms with E-state index in [1.165, 1.54) is 6.92 Å². The summed E-state index contributed by atoms with van der Waals surface area (Å²) in [6.07, 6.45) is 4.20. The van der Waals surface area contributed by atoms with E-state index in [2.05, 4.69) is 17.8 Å². The summed E-state index contributed by atoms with van der Waals surface area (Å²) >= 11 is 0. The Morgan fingerprint density at radius 3 is 2.56 bits per heavy atom. The molecule has 0 aliphatic rings. The fourth-order valence-corrected chi connectivity index (χ4v) is 2.58. The Morgan fingerprint density at radius 2 is 1.92 bits per heavy atom. The van der Waals surface area contributed by atoms with Gasteiger partial charge in [-0.05, 0) is 30.0 Å². The SMILES string of the molecule is CCOC[C@H](COc1ccccc1NC(=O)CC[S+](C)C)OC(C)=O. The van der Waals surface area contributed by atoms with E-state index in [4.69, 9.17) is 14.2 Å². The molecule has 0 fully saturated rings. The second-order valence-corrected chi connectivity index (χ2v) is 8.07. The van der Waals surface area contributed by atoms with Crippen LogP contribution >= 0.6 is 0 Å². The van der Waals surface area contributed by atoms with Gasteiger partial charge in [-0.3, -0.25) is 9.59 Å². The molecular formula is C18H28NO5S+. The Balaban J connectivity index is 2.65. The van der Waals surface area contributed by atoms with Crippen molar-refractivity contribution < 1.29 is 23.8 Å². The van der Waals surface area contributed by atoms with Gasteiger partial charge >= 0.3 is 5.97 Å². The highest BCUT2D eigenvalue weighted by Gasteiger charge is 2.16. The zero-order valence-electron chi connectivity index (χ0n) is 15.4. The molecule has 1 rings (SSSR count). The standard InChI is InChI=1S/C18H27NO5S/c1-5-22-12-15(24-14(2)20)13-23-17-9-7-6-8-16(17)19-18(21)10-11-25(3)4/h6-9,15H,5,10-13H2,1-4H3/p+1/t15-/m1/s1. The number of nitrogens with one attached hydrogen (secondary N) is 1. The Labute approximate surface area is 152 Å². The molecule has 0 saturated heterocycles. The van der Waals surface area contributed by atoms with Gasteiger partial charge in [-0.25, -0.2) is 0 Å². The number of ether oxygens (including phenoxy) is 3. The average molecular weight is 370 g/mol. The number of carbonyl (C=O) groups is 2. The summed E-state index contributed by atoms with van der Waals surface area (Å²) in [4.78, 5) is 23.2. The van der Waals surface area contributed by atoms with Crippen molar-refractivity contribution in [1.82, 2.24) is 0 Å². The predicted molar refractivity (Wildman–Crippen MR) is 101 cm³/mol. The first-order chi connectivity index (χ1) is 11.9. The normalized spacial score (nSPS) is 11.9. The van der Waals surface area contributed by atoms with Crippen LogP contribution in [0.25, 0.3) is 0 Å². The van der Waals surface area contributed by atoms with Crippen LogP contribution in [0.5, 0.6) is 5.75 Å². The second-order valence-electron chi connectivity index (χ2n) is 5.69. The topological polar surface area (TPSA) is 73.9 Å². The minimum atomic E-state index is -0.497. The highest BCUT2D eigenvalue weighted by molar-refractivity contribution is 7.95. The number of carbonyl (C=O) groups excluding carboxylic acids is 2. The van der Waals surface area contributed by atoms with Crippen molar-refractivity contribution in [2.75, 3.05) is 43.4 Å². The lowest BCUT2D eigenvalue weighted by Crippen LogP contribution is -2.29. The molecule has 0 aliphatic carbocycles. The Kier molecular flexibility index (Phi) is 10.0. The molecule has 0 aromatic heterocycles. The fourth-order valence-electron chi connectivity index (χ4n) is 1.99. The summed E-state index contributed by atoms with van der Waals surface area (Å²) in [5.74, 6) is 0.974. The second kappa shape index (κ2) is 11.8. The first-order valence-electron chi connectivity index (χ1n) is 8.23. The molecular weight excluding hydrogens is 342 g/mol. The Morgan fingerprint density at radius 1 is 1.20 bits per heavy atom. The third-order valence-electron chi connectivity index (χ3n) is 3.16. The Bertz CT molecular complexity index is 550. The van der Waals surface area contributed by atoms with E-state index in [-0.39, 0.29) is 36.0 Å². The van der Waals surface area contributed by atoms with E-state index in [9.17, 15) is 9.59 Å². The quantitative estimate of drug-likeness (QED) is 0.478. The molecule has 0 bridgehead atoms. The molecule has 1 atom stereocenters. The van der Waals surface area contributed by atoms with Gasteiger partial charge < -0.3 is 19.5 Å². The molecule has 0 aliphatic heterocycles. The maximum Gasteiger partial charge on any atom is 0.303 e. The van der Waals surface area contributed by atoms with Gasteiger partial charge in [0.05, 0.1) is 31.2 Å². The van der Waals surface area contributed by atoms with E-state index in [1.54, 1.807) is 12.1 Å². The summed E-state index contributed by atoms with van der Waals surface area (Å²) in [6, 6.07) is 7.21. The molecule has 7 heteroatoms. The van der Waals surface area contributed by atoms with Gasteiger partial charge in [-0.2, -0.15) is 0 Å². The lowest BCUT2D eigenvalue weighted by atomic mass is 10.2. The van der Waals surface area contributed by atoms with E-state index >= 15 is 0 Å². The smallest absolute Gasteiger partial charge is 0.303 e. The van der Waals surface area contributed by atoms with Gasteiger partial charge in [0.2, 0.25) is 5.91 Å². The van der Waals surface area contributed by atoms with Gasteiger partial charge in [0, 0.05) is 13.5 Å². The van der Waals surface area contributed by atoms with Crippen molar-refractivity contribution in [2.45, 2.75) is 26.4 Å². The summed E-state index contributed by atoms with van der Waals surface area (Å²) in [6.45, 7) is 4.16. The molecule has 1 aromatic carbocycles. The van der Waals surface area contributed by atoms with E-state index in [1.807, 2.05) is 19.1 Å². The number of amides is 1. The zero-order valence-corrected chi connectivity index (χ0v) is 16.2. The lowest BCUT2D eigenvalue weighted by Gasteiger charge is -2.19. The van der Waals surface area contributed by atoms with Crippen molar-refractivity contribution in [3.63, 3.8) is 0 Å². The van der Waals surface area contributed by atoms with Gasteiger partial charge in [0.15, 0.2) is 6.10 Å². The lowest BCUT2D eigenvalue weighted by molar-refractivity contribution is -0.151. The van der Waals surface area contributed by atoms with Crippen LogP contribution < -0.4 is 10.1 Å². The zero-order chi connectivity index (χ0) is 18.7. The van der Waals surface area contributed by atoms with Crippen LogP contribution in [0, 0.1) is 0 Å². The van der Waals surface area contributed by atoms with Crippen LogP contribution in [0.3, 0.4) is 0 Å². The molecule has 1 aromatic rings. The van der Waals surface area contributed by atoms with Crippen molar-refractivity contribution in [3.8, 4) is 5.75 Å². The maximum atomic E-state index is 12.0. The monoisotopic (exact) mass is 370 g/mol. The van der Waals surface area contributed by atoms with Crippen molar-refractivity contribution in [2.24, 2.45) is 0 Å². The molecule has 25 heavy (non-hydrogen) atoms. The highest BCUT2D eigenvalue weighted by Crippen LogP contribution is 2.24. The molecule has 0 radical (unpaired) electrons. The van der Waals surface area contributed by atoms with Crippen LogP contribution in [-0.4, -0.2) is 56.1 Å². The van der Waals surface area contributed by atoms with E-state index < -0.39 is 6.10 Å². The van der Waals surface area contributed by atoms with Gasteiger partial charge in [0.25, 0.3) is 0 Å². The van der Waals surface area contributed by atoms with E-state index in [0.29, 0.717) is 24.5 Å². The van der Waals surface area contributed by atoms with Crippen LogP contribution in [0.4, 0.5) is 5.69 Å². The summed E-state index contributed by atoms with van der Waals surface area (Å²) in [5, 5.41) is 2.88. The summed E-state index contributed by atoms with van der Waals surface area (Å²) < 4.78 is 16.2. The average Bonchev–Trinajstić information content (AvgIpc) is 2.56. The third kappa shape index (κ3) is 9.36. The number of para-hydroxylation sites is 2. The predicted octanol–water partition coefficient (Wildman–Crippen LogP) is 2.24. The molecule has 0 unspecified atom stereocenters. The van der Waals surface area contributed by atoms with Crippen molar-refractivity contribution in [3.05, 3.63) is 24.3 Å². The highest BCUT2D eigenvalue weighted by atomic mass is 32.2. The molecule has 0 saturated carbocycles. The van der Waals surface area contributed by atoms with Crippen molar-refractivity contribution in [1.29, 1.82) is 0 Å². The first-order valence-corrected chi connectivity index (χ1v) is 10.4. The molecule has 0 heterocycles. The van der Waals surface area contributed by atoms with Crippen LogP contribution in [0.2, 0.25) is 0 Å². The first kappa shape index (κ1) is 21.3. The number of hydrogen-bond acceptors (Lipinski definition) is 5. The number of benzene rings is 1. The molecule has 1 amide bonds. The largest absolute Gasteiger partial charge is 0.487 e. The Hall–Kier alpha value is -1.73. The minimum absolute atomic E-state index is 0.0388. The third-order valence-corrected chi connectivity index (χ3v) is 4.18. The fraction of sp³-hybridized carbons (Fsp3) is 0.556. The van der Waals surface area contributed by atoms with Crippen LogP contribution in [0.1, 0.15) is 20.3 Å². The van der Waals surface area contributed by atoms with Crippen LogP contribution in [-0.2, 0) is 30.0 Å². The van der Waals surface area contributed by atoms with Crippen LogP contribution in [0.15, 0.2) is 24.3 Å². The van der Waals surface area contributed by atoms with Crippen molar-refractivity contribution >= 4 is 28.5 Å². The van der Waals surface area contributed by atoms with E-state index in [0.717, 1.165) is 5.75 Å². The van der Waals surface area contributed by atoms with Gasteiger partial charge in [-0.1, -0.05) is 12.1 Å². The summed E-state index contributed by atoms with van der Waals surface area (Å²) in [7, 11) is 0.227. The number of anilines is 1. The van der Waals surface area contributed by atoms with Gasteiger partial charge in [-0.15, -0.1) is 0 Å². The maximum absolute atomic E-state index is 12.0. The molecule has 0 spiro atoms. The molecule has 6 nitrogen and oxygen atoms in total. The van der Waals surface area contributed by atoms with Gasteiger partial charge in [0.1, 0.15) is 18.1 Å². The number of hydrogen-bond donors (Lipinski definition) is 1. The number of rotatable bonds is 11. The molecule has 140 valence electrons.